The second kappa shape index (κ2) is 5.60. The van der Waals surface area contributed by atoms with Crippen molar-refractivity contribution in [3.8, 4) is 22.4 Å². The third-order valence-corrected chi connectivity index (χ3v) is 4.28. The van der Waals surface area contributed by atoms with Gasteiger partial charge in [-0.1, -0.05) is 60.2 Å². The fourth-order valence-electron chi connectivity index (χ4n) is 3.11. The average molecular weight is 313 g/mol. The maximum absolute atomic E-state index is 4.88. The first-order valence-corrected chi connectivity index (χ1v) is 8.13. The highest BCUT2D eigenvalue weighted by molar-refractivity contribution is 5.90. The number of hydrogen-bond acceptors (Lipinski definition) is 2. The lowest BCUT2D eigenvalue weighted by atomic mass is 10.0. The van der Waals surface area contributed by atoms with Crippen LogP contribution in [0.3, 0.4) is 0 Å². The van der Waals surface area contributed by atoms with Gasteiger partial charge in [0.15, 0.2) is 5.65 Å². The van der Waals surface area contributed by atoms with E-state index in [1.807, 2.05) is 29.6 Å². The summed E-state index contributed by atoms with van der Waals surface area (Å²) in [5.41, 5.74) is 8.57. The molecule has 24 heavy (non-hydrogen) atoms. The smallest absolute Gasteiger partial charge is 0.164 e. The molecule has 0 spiro atoms. The number of nitrogens with zero attached hydrogens (tertiary/aromatic N) is 3. The van der Waals surface area contributed by atoms with Crippen LogP contribution in [0.4, 0.5) is 0 Å². The van der Waals surface area contributed by atoms with Crippen molar-refractivity contribution in [2.24, 2.45) is 0 Å². The molecule has 0 bridgehead atoms. The minimum atomic E-state index is 0.912. The SMILES string of the molecule is Cc1ccc(-c2c(-c3ccccc3)nn3c(C)cc(C)nc23)cc1. The molecule has 4 rings (SSSR count). The van der Waals surface area contributed by atoms with E-state index in [1.54, 1.807) is 0 Å². The third-order valence-electron chi connectivity index (χ3n) is 4.28. The van der Waals surface area contributed by atoms with Crippen molar-refractivity contribution in [1.29, 1.82) is 0 Å². The first kappa shape index (κ1) is 14.6. The van der Waals surface area contributed by atoms with Crippen molar-refractivity contribution in [3.05, 3.63) is 77.6 Å². The van der Waals surface area contributed by atoms with E-state index >= 15 is 0 Å². The molecule has 0 atom stereocenters. The zero-order valence-corrected chi connectivity index (χ0v) is 14.1. The number of aryl methyl sites for hydroxylation is 3. The van der Waals surface area contributed by atoms with Crippen LogP contribution in [-0.4, -0.2) is 14.6 Å². The molecule has 0 saturated carbocycles. The lowest BCUT2D eigenvalue weighted by molar-refractivity contribution is 0.889. The monoisotopic (exact) mass is 313 g/mol. The lowest BCUT2D eigenvalue weighted by Crippen LogP contribution is -1.97. The molecule has 0 radical (unpaired) electrons. The molecule has 3 nitrogen and oxygen atoms in total. The fourth-order valence-corrected chi connectivity index (χ4v) is 3.11. The molecule has 2 aromatic heterocycles. The summed E-state index contributed by atoms with van der Waals surface area (Å²) in [5, 5.41) is 4.88. The minimum Gasteiger partial charge on any atom is -0.233 e. The topological polar surface area (TPSA) is 30.2 Å². The summed E-state index contributed by atoms with van der Waals surface area (Å²) in [5.74, 6) is 0. The molecule has 0 amide bonds. The highest BCUT2D eigenvalue weighted by atomic mass is 15.3. The molecule has 0 aliphatic carbocycles. The number of benzene rings is 2. The summed E-state index contributed by atoms with van der Waals surface area (Å²) in [6, 6.07) is 21.0. The Kier molecular flexibility index (Phi) is 3.42. The van der Waals surface area contributed by atoms with Gasteiger partial charge in [-0.2, -0.15) is 5.10 Å². The Bertz CT molecular complexity index is 1010. The fraction of sp³-hybridized carbons (Fsp3) is 0.143. The van der Waals surface area contributed by atoms with Gasteiger partial charge < -0.3 is 0 Å². The minimum absolute atomic E-state index is 0.912. The molecular weight excluding hydrogens is 294 g/mol. The summed E-state index contributed by atoms with van der Waals surface area (Å²) >= 11 is 0. The van der Waals surface area contributed by atoms with E-state index in [9.17, 15) is 0 Å². The summed E-state index contributed by atoms with van der Waals surface area (Å²) in [4.78, 5) is 4.78. The van der Waals surface area contributed by atoms with E-state index in [-0.39, 0.29) is 0 Å². The van der Waals surface area contributed by atoms with E-state index < -0.39 is 0 Å². The predicted octanol–water partition coefficient (Wildman–Crippen LogP) is 4.99. The molecule has 2 aromatic carbocycles. The van der Waals surface area contributed by atoms with Gasteiger partial charge in [0.25, 0.3) is 0 Å². The largest absolute Gasteiger partial charge is 0.233 e. The van der Waals surface area contributed by atoms with E-state index in [1.165, 1.54) is 5.56 Å². The van der Waals surface area contributed by atoms with Gasteiger partial charge in [0, 0.05) is 17.0 Å². The average Bonchev–Trinajstić information content (AvgIpc) is 2.96. The summed E-state index contributed by atoms with van der Waals surface area (Å²) in [6.07, 6.45) is 0. The van der Waals surface area contributed by atoms with E-state index in [4.69, 9.17) is 10.1 Å². The van der Waals surface area contributed by atoms with Crippen LogP contribution in [-0.2, 0) is 0 Å². The van der Waals surface area contributed by atoms with Crippen LogP contribution >= 0.6 is 0 Å². The van der Waals surface area contributed by atoms with Gasteiger partial charge in [0.05, 0.1) is 5.56 Å². The van der Waals surface area contributed by atoms with Crippen molar-refractivity contribution in [1.82, 2.24) is 14.6 Å². The molecule has 2 heterocycles. The van der Waals surface area contributed by atoms with Crippen LogP contribution in [0.2, 0.25) is 0 Å². The van der Waals surface area contributed by atoms with E-state index in [0.717, 1.165) is 39.4 Å². The number of rotatable bonds is 2. The molecule has 118 valence electrons. The Morgan fingerprint density at radius 2 is 1.50 bits per heavy atom. The van der Waals surface area contributed by atoms with Crippen LogP contribution in [0.15, 0.2) is 60.7 Å². The van der Waals surface area contributed by atoms with Gasteiger partial charge in [0.1, 0.15) is 5.69 Å². The Hall–Kier alpha value is -2.94. The Morgan fingerprint density at radius 3 is 2.21 bits per heavy atom. The quantitative estimate of drug-likeness (QED) is 0.522. The molecular formula is C21H19N3. The molecule has 0 unspecified atom stereocenters. The first-order chi connectivity index (χ1) is 11.6. The van der Waals surface area contributed by atoms with Gasteiger partial charge in [-0.3, -0.25) is 0 Å². The van der Waals surface area contributed by atoms with Crippen LogP contribution in [0.5, 0.6) is 0 Å². The van der Waals surface area contributed by atoms with E-state index in [2.05, 4.69) is 56.3 Å². The van der Waals surface area contributed by atoms with Crippen molar-refractivity contribution >= 4 is 5.65 Å². The molecule has 0 aliphatic heterocycles. The summed E-state index contributed by atoms with van der Waals surface area (Å²) in [7, 11) is 0. The first-order valence-electron chi connectivity index (χ1n) is 8.13. The van der Waals surface area contributed by atoms with Crippen molar-refractivity contribution in [2.45, 2.75) is 20.8 Å². The van der Waals surface area contributed by atoms with Gasteiger partial charge in [-0.05, 0) is 32.4 Å². The lowest BCUT2D eigenvalue weighted by Gasteiger charge is -2.05. The van der Waals surface area contributed by atoms with Crippen LogP contribution < -0.4 is 0 Å². The molecule has 0 N–H and O–H groups in total. The molecule has 4 aromatic rings. The molecule has 0 aliphatic rings. The number of fused-ring (bicyclic) bond motifs is 1. The molecule has 0 saturated heterocycles. The van der Waals surface area contributed by atoms with Gasteiger partial charge in [0.2, 0.25) is 0 Å². The second-order valence-corrected chi connectivity index (χ2v) is 6.23. The van der Waals surface area contributed by atoms with Crippen LogP contribution in [0.1, 0.15) is 17.0 Å². The standard InChI is InChI=1S/C21H19N3/c1-14-9-11-17(12-10-14)19-20(18-7-5-4-6-8-18)23-24-16(3)13-15(2)22-21(19)24/h4-13H,1-3H3. The third kappa shape index (κ3) is 2.38. The highest BCUT2D eigenvalue weighted by Gasteiger charge is 2.18. The molecule has 3 heteroatoms. The maximum atomic E-state index is 4.88. The second-order valence-electron chi connectivity index (χ2n) is 6.23. The normalized spacial score (nSPS) is 11.1. The van der Waals surface area contributed by atoms with Gasteiger partial charge in [-0.15, -0.1) is 0 Å². The maximum Gasteiger partial charge on any atom is 0.164 e. The van der Waals surface area contributed by atoms with Crippen LogP contribution in [0.25, 0.3) is 28.0 Å². The predicted molar refractivity (Wildman–Crippen MR) is 98.1 cm³/mol. The van der Waals surface area contributed by atoms with Gasteiger partial charge >= 0.3 is 0 Å². The van der Waals surface area contributed by atoms with Crippen molar-refractivity contribution < 1.29 is 0 Å². The number of aromatic nitrogens is 3. The summed E-state index contributed by atoms with van der Waals surface area (Å²) < 4.78 is 1.95. The number of hydrogen-bond donors (Lipinski definition) is 0. The van der Waals surface area contributed by atoms with Crippen molar-refractivity contribution in [3.63, 3.8) is 0 Å². The molecule has 0 fully saturated rings. The Labute approximate surface area is 141 Å². The Morgan fingerprint density at radius 1 is 0.792 bits per heavy atom. The highest BCUT2D eigenvalue weighted by Crippen LogP contribution is 2.35. The Balaban J connectivity index is 2.09. The van der Waals surface area contributed by atoms with E-state index in [0.29, 0.717) is 0 Å². The van der Waals surface area contributed by atoms with Crippen molar-refractivity contribution in [2.75, 3.05) is 0 Å². The van der Waals surface area contributed by atoms with Gasteiger partial charge in [-0.25, -0.2) is 9.50 Å². The zero-order chi connectivity index (χ0) is 16.7. The zero-order valence-electron chi connectivity index (χ0n) is 14.1. The summed E-state index contributed by atoms with van der Waals surface area (Å²) in [6.45, 7) is 6.20. The van der Waals surface area contributed by atoms with Crippen LogP contribution in [0, 0.1) is 20.8 Å².